The van der Waals surface area contributed by atoms with E-state index in [2.05, 4.69) is 26.6 Å². The Morgan fingerprint density at radius 3 is 2.66 bits per heavy atom. The van der Waals surface area contributed by atoms with Gasteiger partial charge in [0.25, 0.3) is 11.9 Å². The number of methoxy groups -OCH3 is 1. The summed E-state index contributed by atoms with van der Waals surface area (Å²) in [5.41, 5.74) is 3.43. The van der Waals surface area contributed by atoms with Gasteiger partial charge in [-0.15, -0.1) is 0 Å². The van der Waals surface area contributed by atoms with Gasteiger partial charge in [0.15, 0.2) is 5.76 Å². The summed E-state index contributed by atoms with van der Waals surface area (Å²) in [5.74, 6) is 1.29. The number of rotatable bonds is 8. The molecule has 2 heterocycles. The van der Waals surface area contributed by atoms with E-state index < -0.39 is 0 Å². The lowest BCUT2D eigenvalue weighted by Crippen LogP contribution is -2.35. The summed E-state index contributed by atoms with van der Waals surface area (Å²) in [6.07, 6.45) is 1.66. The van der Waals surface area contributed by atoms with Crippen LogP contribution in [0.15, 0.2) is 53.1 Å². The zero-order valence-electron chi connectivity index (χ0n) is 18.4. The van der Waals surface area contributed by atoms with Crippen molar-refractivity contribution < 1.29 is 18.7 Å². The van der Waals surface area contributed by atoms with Crippen molar-refractivity contribution in [2.45, 2.75) is 13.5 Å². The molecule has 1 aliphatic heterocycles. The van der Waals surface area contributed by atoms with Crippen LogP contribution in [0.5, 0.6) is 5.75 Å². The van der Waals surface area contributed by atoms with E-state index in [1.165, 1.54) is 0 Å². The van der Waals surface area contributed by atoms with Crippen LogP contribution in [0.2, 0.25) is 0 Å². The number of hydrogen-bond acceptors (Lipinski definition) is 7. The topological polar surface area (TPSA) is 88.9 Å². The van der Waals surface area contributed by atoms with Gasteiger partial charge in [-0.2, -0.15) is 0 Å². The van der Waals surface area contributed by atoms with E-state index in [1.54, 1.807) is 25.4 Å². The van der Waals surface area contributed by atoms with E-state index >= 15 is 0 Å². The van der Waals surface area contributed by atoms with E-state index in [-0.39, 0.29) is 5.91 Å². The van der Waals surface area contributed by atoms with Gasteiger partial charge < -0.3 is 24.5 Å². The molecule has 1 fully saturated rings. The maximum Gasteiger partial charge on any atom is 0.299 e. The first-order valence-corrected chi connectivity index (χ1v) is 10.7. The highest BCUT2D eigenvalue weighted by Gasteiger charge is 2.13. The second-order valence-corrected chi connectivity index (χ2v) is 7.55. The van der Waals surface area contributed by atoms with E-state index in [0.717, 1.165) is 55.4 Å². The first-order chi connectivity index (χ1) is 15.6. The summed E-state index contributed by atoms with van der Waals surface area (Å²) in [5, 5.41) is 6.02. The molecular formula is C24H28N4O4. The Kier molecular flexibility index (Phi) is 7.03. The summed E-state index contributed by atoms with van der Waals surface area (Å²) in [7, 11) is 1.66. The molecule has 1 saturated heterocycles. The van der Waals surface area contributed by atoms with Crippen molar-refractivity contribution in [1.82, 2.24) is 15.2 Å². The molecule has 168 valence electrons. The number of ether oxygens (including phenoxy) is 2. The first-order valence-electron chi connectivity index (χ1n) is 10.7. The highest BCUT2D eigenvalue weighted by Crippen LogP contribution is 2.28. The van der Waals surface area contributed by atoms with Crippen LogP contribution in [0.25, 0.3) is 11.3 Å². The van der Waals surface area contributed by atoms with Gasteiger partial charge in [-0.05, 0) is 36.8 Å². The summed E-state index contributed by atoms with van der Waals surface area (Å²) in [6.45, 7) is 6.67. The van der Waals surface area contributed by atoms with Crippen LogP contribution in [-0.4, -0.2) is 55.7 Å². The molecule has 32 heavy (non-hydrogen) atoms. The normalized spacial score (nSPS) is 14.2. The third-order valence-electron chi connectivity index (χ3n) is 5.24. The van der Waals surface area contributed by atoms with Gasteiger partial charge in [-0.25, -0.2) is 4.98 Å². The molecule has 0 spiro atoms. The Labute approximate surface area is 187 Å². The number of oxazole rings is 1. The Morgan fingerprint density at radius 2 is 1.94 bits per heavy atom. The number of carbonyl (C=O) groups is 1. The van der Waals surface area contributed by atoms with E-state index in [1.807, 2.05) is 31.2 Å². The summed E-state index contributed by atoms with van der Waals surface area (Å²) in [4.78, 5) is 18.6. The molecule has 0 saturated carbocycles. The number of aromatic nitrogens is 1. The highest BCUT2D eigenvalue weighted by atomic mass is 16.5. The Balaban J connectivity index is 1.46. The minimum absolute atomic E-state index is 0.0927. The second-order valence-electron chi connectivity index (χ2n) is 7.55. The van der Waals surface area contributed by atoms with E-state index in [9.17, 15) is 4.79 Å². The fraction of sp³-hybridized carbons (Fsp3) is 0.333. The summed E-state index contributed by atoms with van der Waals surface area (Å²) < 4.78 is 16.8. The maximum atomic E-state index is 11.9. The predicted molar refractivity (Wildman–Crippen MR) is 122 cm³/mol. The van der Waals surface area contributed by atoms with Gasteiger partial charge in [0.1, 0.15) is 5.75 Å². The molecule has 4 rings (SSSR count). The van der Waals surface area contributed by atoms with Crippen molar-refractivity contribution >= 4 is 17.6 Å². The third kappa shape index (κ3) is 5.46. The molecule has 0 atom stereocenters. The quantitative estimate of drug-likeness (QED) is 0.557. The number of anilines is 2. The van der Waals surface area contributed by atoms with Crippen molar-refractivity contribution in [3.8, 4) is 17.1 Å². The molecule has 0 unspecified atom stereocenters. The zero-order valence-corrected chi connectivity index (χ0v) is 18.4. The molecular weight excluding hydrogens is 408 g/mol. The minimum Gasteiger partial charge on any atom is -0.497 e. The molecule has 8 heteroatoms. The van der Waals surface area contributed by atoms with Crippen molar-refractivity contribution in [2.75, 3.05) is 45.3 Å². The van der Waals surface area contributed by atoms with Crippen molar-refractivity contribution in [2.24, 2.45) is 0 Å². The molecule has 0 bridgehead atoms. The lowest BCUT2D eigenvalue weighted by atomic mass is 10.1. The largest absolute Gasteiger partial charge is 0.497 e. The van der Waals surface area contributed by atoms with Crippen LogP contribution in [0.3, 0.4) is 0 Å². The van der Waals surface area contributed by atoms with Crippen LogP contribution < -0.4 is 15.4 Å². The number of hydrogen-bond donors (Lipinski definition) is 2. The molecule has 0 aliphatic carbocycles. The zero-order chi connectivity index (χ0) is 22.3. The summed E-state index contributed by atoms with van der Waals surface area (Å²) >= 11 is 0. The van der Waals surface area contributed by atoms with Crippen molar-refractivity contribution in [3.63, 3.8) is 0 Å². The SMILES string of the molecule is CCNC(=O)c1ccc(-c2cnc(Nc3cc(CN4CCOCC4)cc(OC)c3)o2)cc1. The Bertz CT molecular complexity index is 1040. The third-order valence-corrected chi connectivity index (χ3v) is 5.24. The van der Waals surface area contributed by atoms with Crippen molar-refractivity contribution in [1.29, 1.82) is 0 Å². The van der Waals surface area contributed by atoms with Gasteiger partial charge in [0.05, 0.1) is 26.5 Å². The van der Waals surface area contributed by atoms with Gasteiger partial charge in [-0.1, -0.05) is 12.1 Å². The number of nitrogens with zero attached hydrogens (tertiary/aromatic N) is 2. The molecule has 3 aromatic rings. The number of amides is 1. The Morgan fingerprint density at radius 1 is 1.16 bits per heavy atom. The smallest absolute Gasteiger partial charge is 0.299 e. The van der Waals surface area contributed by atoms with Crippen LogP contribution in [0.4, 0.5) is 11.7 Å². The molecule has 8 nitrogen and oxygen atoms in total. The van der Waals surface area contributed by atoms with Gasteiger partial charge >= 0.3 is 0 Å². The average Bonchev–Trinajstić information content (AvgIpc) is 3.28. The molecule has 1 amide bonds. The van der Waals surface area contributed by atoms with Crippen LogP contribution in [0, 0.1) is 0 Å². The molecule has 1 aliphatic rings. The van der Waals surface area contributed by atoms with Crippen LogP contribution in [-0.2, 0) is 11.3 Å². The molecule has 0 radical (unpaired) electrons. The fourth-order valence-corrected chi connectivity index (χ4v) is 3.60. The molecule has 1 aromatic heterocycles. The second kappa shape index (κ2) is 10.3. The van der Waals surface area contributed by atoms with E-state index in [4.69, 9.17) is 13.9 Å². The molecule has 2 aromatic carbocycles. The minimum atomic E-state index is -0.0927. The van der Waals surface area contributed by atoms with Gasteiger partial charge in [0, 0.05) is 49.1 Å². The highest BCUT2D eigenvalue weighted by molar-refractivity contribution is 5.94. The molecule has 2 N–H and O–H groups in total. The number of benzene rings is 2. The van der Waals surface area contributed by atoms with Crippen molar-refractivity contribution in [3.05, 3.63) is 59.8 Å². The van der Waals surface area contributed by atoms with Crippen LogP contribution in [0.1, 0.15) is 22.8 Å². The lowest BCUT2D eigenvalue weighted by Gasteiger charge is -2.26. The number of morpholine rings is 1. The summed E-state index contributed by atoms with van der Waals surface area (Å²) in [6, 6.07) is 13.7. The monoisotopic (exact) mass is 436 g/mol. The standard InChI is InChI=1S/C24H28N4O4/c1-3-25-23(29)19-6-4-18(5-7-19)22-15-26-24(32-22)27-20-12-17(13-21(14-20)30-2)16-28-8-10-31-11-9-28/h4-7,12-15H,3,8-11,16H2,1-2H3,(H,25,29)(H,26,27). The predicted octanol–water partition coefficient (Wildman–Crippen LogP) is 3.68. The lowest BCUT2D eigenvalue weighted by molar-refractivity contribution is 0.0342. The number of carbonyl (C=O) groups excluding carboxylic acids is 1. The number of nitrogens with one attached hydrogen (secondary N) is 2. The van der Waals surface area contributed by atoms with Gasteiger partial charge in [-0.3, -0.25) is 9.69 Å². The first kappa shape index (κ1) is 21.9. The van der Waals surface area contributed by atoms with Crippen LogP contribution >= 0.6 is 0 Å². The average molecular weight is 437 g/mol. The fourth-order valence-electron chi connectivity index (χ4n) is 3.60. The van der Waals surface area contributed by atoms with Gasteiger partial charge in [0.2, 0.25) is 0 Å². The Hall–Kier alpha value is -3.36. The van der Waals surface area contributed by atoms with E-state index in [0.29, 0.717) is 23.9 Å². The maximum absolute atomic E-state index is 11.9.